The van der Waals surface area contributed by atoms with Crippen molar-refractivity contribution in [2.75, 3.05) is 38.2 Å². The van der Waals surface area contributed by atoms with Crippen LogP contribution in [-0.2, 0) is 11.2 Å². The second-order valence-corrected chi connectivity index (χ2v) is 9.98. The zero-order valence-electron chi connectivity index (χ0n) is 18.4. The number of thiophene rings is 1. The molecule has 0 bridgehead atoms. The van der Waals surface area contributed by atoms with E-state index in [1.54, 1.807) is 35.7 Å². The molecule has 1 aliphatic heterocycles. The van der Waals surface area contributed by atoms with E-state index in [0.717, 1.165) is 55.7 Å². The molecule has 5 rings (SSSR count). The molecular weight excluding hydrogens is 487 g/mol. The Morgan fingerprint density at radius 1 is 1.09 bits per heavy atom. The molecular formula is C26H22Cl2N4OS. The third-order valence-corrected chi connectivity index (χ3v) is 7.49. The minimum atomic E-state index is 0.451. The summed E-state index contributed by atoms with van der Waals surface area (Å²) in [6.45, 7) is 4.73. The molecule has 4 aromatic rings. The zero-order valence-corrected chi connectivity index (χ0v) is 20.7. The summed E-state index contributed by atoms with van der Waals surface area (Å²) in [5, 5.41) is 17.1. The lowest BCUT2D eigenvalue weighted by atomic mass is 10.0. The largest absolute Gasteiger partial charge is 0.379 e. The van der Waals surface area contributed by atoms with Crippen LogP contribution in [0.15, 0.2) is 54.0 Å². The molecule has 2 aromatic heterocycles. The summed E-state index contributed by atoms with van der Waals surface area (Å²) < 4.78 is 5.44. The van der Waals surface area contributed by atoms with Crippen LogP contribution in [0.1, 0.15) is 10.4 Å². The number of hydrogen-bond donors (Lipinski definition) is 1. The highest BCUT2D eigenvalue weighted by Crippen LogP contribution is 2.35. The van der Waals surface area contributed by atoms with Gasteiger partial charge in [0.25, 0.3) is 0 Å². The maximum atomic E-state index is 9.66. The van der Waals surface area contributed by atoms with E-state index >= 15 is 0 Å². The number of ether oxygens (including phenoxy) is 1. The Morgan fingerprint density at radius 2 is 1.94 bits per heavy atom. The summed E-state index contributed by atoms with van der Waals surface area (Å²) in [6.07, 6.45) is 2.64. The third-order valence-electron chi connectivity index (χ3n) is 5.95. The number of morpholine rings is 1. The number of halogens is 2. The fourth-order valence-corrected chi connectivity index (χ4v) is 5.42. The van der Waals surface area contributed by atoms with Crippen molar-refractivity contribution in [3.8, 4) is 17.2 Å². The fraction of sp³-hybridized carbons (Fsp3) is 0.231. The van der Waals surface area contributed by atoms with Crippen LogP contribution < -0.4 is 5.32 Å². The number of hydrogen-bond acceptors (Lipinski definition) is 6. The molecule has 1 aliphatic rings. The number of nitrogens with one attached hydrogen (secondary N) is 1. The minimum Gasteiger partial charge on any atom is -0.379 e. The van der Waals surface area contributed by atoms with Crippen molar-refractivity contribution in [2.45, 2.75) is 6.42 Å². The Morgan fingerprint density at radius 3 is 2.74 bits per heavy atom. The average Bonchev–Trinajstić information content (AvgIpc) is 3.34. The lowest BCUT2D eigenvalue weighted by molar-refractivity contribution is 0.0385. The summed E-state index contributed by atoms with van der Waals surface area (Å²) in [4.78, 5) is 8.37. The number of nitriles is 1. The highest BCUT2D eigenvalue weighted by atomic mass is 35.5. The molecule has 0 unspecified atom stereocenters. The molecule has 3 heterocycles. The summed E-state index contributed by atoms with van der Waals surface area (Å²) >= 11 is 14.2. The van der Waals surface area contributed by atoms with Crippen LogP contribution >= 0.6 is 34.5 Å². The lowest BCUT2D eigenvalue weighted by Crippen LogP contribution is -2.37. The molecule has 0 amide bonds. The average molecular weight is 509 g/mol. The van der Waals surface area contributed by atoms with Crippen LogP contribution in [-0.4, -0.2) is 42.7 Å². The van der Waals surface area contributed by atoms with Gasteiger partial charge in [-0.2, -0.15) is 5.26 Å². The van der Waals surface area contributed by atoms with Gasteiger partial charge in [0.15, 0.2) is 0 Å². The van der Waals surface area contributed by atoms with Crippen LogP contribution in [0.25, 0.3) is 22.0 Å². The summed E-state index contributed by atoms with van der Waals surface area (Å²) in [7, 11) is 0. The summed E-state index contributed by atoms with van der Waals surface area (Å²) in [5.74, 6) is 0. The molecule has 2 aromatic carbocycles. The maximum Gasteiger partial charge on any atom is 0.103 e. The predicted molar refractivity (Wildman–Crippen MR) is 140 cm³/mol. The first-order valence-electron chi connectivity index (χ1n) is 11.0. The minimum absolute atomic E-state index is 0.451. The molecule has 0 saturated carbocycles. The topological polar surface area (TPSA) is 61.2 Å². The van der Waals surface area contributed by atoms with Gasteiger partial charge in [-0.05, 0) is 53.3 Å². The van der Waals surface area contributed by atoms with Gasteiger partial charge in [-0.15, -0.1) is 11.3 Å². The monoisotopic (exact) mass is 508 g/mol. The van der Waals surface area contributed by atoms with Gasteiger partial charge in [-0.3, -0.25) is 9.88 Å². The Hall–Kier alpha value is -2.66. The van der Waals surface area contributed by atoms with Crippen molar-refractivity contribution in [2.24, 2.45) is 0 Å². The second kappa shape index (κ2) is 10.3. The van der Waals surface area contributed by atoms with Gasteiger partial charge in [0.2, 0.25) is 0 Å². The van der Waals surface area contributed by atoms with Crippen LogP contribution in [0.3, 0.4) is 0 Å². The van der Waals surface area contributed by atoms with Gasteiger partial charge in [-0.1, -0.05) is 35.3 Å². The number of aromatic nitrogens is 1. The first kappa shape index (κ1) is 23.1. The first-order chi connectivity index (χ1) is 16.6. The highest BCUT2D eigenvalue weighted by Gasteiger charge is 2.14. The molecule has 8 heteroatoms. The Bertz CT molecular complexity index is 1380. The Labute approximate surface area is 212 Å². The fourth-order valence-electron chi connectivity index (χ4n) is 4.07. The number of pyridine rings is 1. The van der Waals surface area contributed by atoms with E-state index in [9.17, 15) is 5.26 Å². The van der Waals surface area contributed by atoms with Gasteiger partial charge >= 0.3 is 0 Å². The van der Waals surface area contributed by atoms with E-state index in [-0.39, 0.29) is 0 Å². The van der Waals surface area contributed by atoms with Gasteiger partial charge in [-0.25, -0.2) is 0 Å². The molecule has 1 fully saturated rings. The molecule has 34 heavy (non-hydrogen) atoms. The van der Waals surface area contributed by atoms with Crippen LogP contribution in [0, 0.1) is 11.3 Å². The zero-order chi connectivity index (χ0) is 23.5. The molecule has 0 atom stereocenters. The van der Waals surface area contributed by atoms with E-state index in [1.807, 2.05) is 6.07 Å². The summed E-state index contributed by atoms with van der Waals surface area (Å²) in [5.41, 5.74) is 4.92. The molecule has 1 N–H and O–H groups in total. The molecule has 1 saturated heterocycles. The van der Waals surface area contributed by atoms with Gasteiger partial charge < -0.3 is 10.1 Å². The molecule has 5 nitrogen and oxygen atoms in total. The molecule has 0 aliphatic carbocycles. The van der Waals surface area contributed by atoms with Crippen LogP contribution in [0.2, 0.25) is 10.0 Å². The Kier molecular flexibility index (Phi) is 7.00. The number of benzene rings is 2. The van der Waals surface area contributed by atoms with Crippen molar-refractivity contribution in [1.29, 1.82) is 5.26 Å². The number of nitrogens with zero attached hydrogens (tertiary/aromatic N) is 3. The van der Waals surface area contributed by atoms with Crippen molar-refractivity contribution >= 4 is 56.8 Å². The van der Waals surface area contributed by atoms with E-state index in [2.05, 4.69) is 44.8 Å². The van der Waals surface area contributed by atoms with Crippen molar-refractivity contribution in [3.05, 3.63) is 74.5 Å². The van der Waals surface area contributed by atoms with E-state index in [4.69, 9.17) is 27.9 Å². The van der Waals surface area contributed by atoms with Crippen molar-refractivity contribution in [1.82, 2.24) is 9.88 Å². The first-order valence-corrected chi connectivity index (χ1v) is 12.7. The maximum absolute atomic E-state index is 9.66. The molecule has 0 radical (unpaired) electrons. The molecule has 0 spiro atoms. The second-order valence-electron chi connectivity index (χ2n) is 8.15. The third kappa shape index (κ3) is 5.05. The quantitative estimate of drug-likeness (QED) is 0.311. The lowest BCUT2D eigenvalue weighted by Gasteiger charge is -2.26. The van der Waals surface area contributed by atoms with E-state index in [1.165, 1.54) is 10.4 Å². The summed E-state index contributed by atoms with van der Waals surface area (Å²) in [6, 6.07) is 15.9. The smallest absolute Gasteiger partial charge is 0.103 e. The highest BCUT2D eigenvalue weighted by molar-refractivity contribution is 7.10. The number of fused-ring (bicyclic) bond motifs is 1. The Balaban J connectivity index is 1.40. The molecule has 172 valence electrons. The number of anilines is 2. The standard InChI is InChI=1S/C26H22Cl2N4OS/c27-20-2-4-24(23(28)13-20)31-26-19(14-29)15-30-25-12-17(1-3-22(25)26)18-11-21(34-16-18)5-6-32-7-9-33-10-8-32/h1-4,11-13,15-16H,5-10H2,(H,30,31). The van der Waals surface area contributed by atoms with Crippen LogP contribution in [0.4, 0.5) is 11.4 Å². The van der Waals surface area contributed by atoms with Gasteiger partial charge in [0.1, 0.15) is 6.07 Å². The predicted octanol–water partition coefficient (Wildman–Crippen LogP) is 6.76. The van der Waals surface area contributed by atoms with Crippen molar-refractivity contribution in [3.63, 3.8) is 0 Å². The normalized spacial score (nSPS) is 14.3. The van der Waals surface area contributed by atoms with E-state index < -0.39 is 0 Å². The van der Waals surface area contributed by atoms with Gasteiger partial charge in [0.05, 0.1) is 40.7 Å². The van der Waals surface area contributed by atoms with Gasteiger partial charge in [0, 0.05) is 41.1 Å². The van der Waals surface area contributed by atoms with Crippen LogP contribution in [0.5, 0.6) is 0 Å². The van der Waals surface area contributed by atoms with E-state index in [0.29, 0.717) is 27.0 Å². The van der Waals surface area contributed by atoms with Crippen molar-refractivity contribution < 1.29 is 4.74 Å². The number of rotatable bonds is 6. The SMILES string of the molecule is N#Cc1cnc2cc(-c3csc(CCN4CCOCC4)c3)ccc2c1Nc1ccc(Cl)cc1Cl.